The van der Waals surface area contributed by atoms with Crippen LogP contribution in [-0.4, -0.2) is 11.4 Å². The van der Waals surface area contributed by atoms with Crippen LogP contribution in [0.2, 0.25) is 0 Å². The molecule has 0 radical (unpaired) electrons. The number of carbonyl (C=O) groups excluding carboxylic acids is 1. The molecule has 0 fully saturated rings. The highest BCUT2D eigenvalue weighted by Crippen LogP contribution is 2.32. The molecule has 0 atom stereocenters. The molecule has 0 spiro atoms. The summed E-state index contributed by atoms with van der Waals surface area (Å²) < 4.78 is 0. The molecule has 0 amide bonds. The molecule has 2 rings (SSSR count). The lowest BCUT2D eigenvalue weighted by atomic mass is 9.92. The van der Waals surface area contributed by atoms with Crippen LogP contribution in [-0.2, 0) is 0 Å². The van der Waals surface area contributed by atoms with Crippen molar-refractivity contribution in [1.82, 2.24) is 0 Å². The van der Waals surface area contributed by atoms with E-state index in [0.717, 1.165) is 34.1 Å². The molecule has 2 aromatic rings. The van der Waals surface area contributed by atoms with Crippen LogP contribution in [0.15, 0.2) is 30.3 Å². The highest BCUT2D eigenvalue weighted by atomic mass is 16.3. The molecule has 0 saturated carbocycles. The van der Waals surface area contributed by atoms with E-state index >= 15 is 0 Å². The van der Waals surface area contributed by atoms with Gasteiger partial charge in [0.1, 0.15) is 12.0 Å². The number of hydrogen-bond donors (Lipinski definition) is 1. The largest absolute Gasteiger partial charge is 0.508 e. The SMILES string of the molecule is Cc1cc(-c2cccc(C=O)c2C)c(C)cc1O. The summed E-state index contributed by atoms with van der Waals surface area (Å²) in [6.45, 7) is 5.78. The number of phenols is 1. The minimum atomic E-state index is 0.306. The van der Waals surface area contributed by atoms with Crippen molar-refractivity contribution < 1.29 is 9.90 Å². The third-order valence-electron chi connectivity index (χ3n) is 3.34. The minimum absolute atomic E-state index is 0.306. The van der Waals surface area contributed by atoms with Gasteiger partial charge in [0.05, 0.1) is 0 Å². The van der Waals surface area contributed by atoms with E-state index in [9.17, 15) is 9.90 Å². The van der Waals surface area contributed by atoms with Crippen molar-refractivity contribution in [3.05, 3.63) is 52.6 Å². The Bertz CT molecular complexity index is 613. The standard InChI is InChI=1S/C16H16O2/c1-10-8-16(18)11(2)7-15(10)14-6-4-5-13(9-17)12(14)3/h4-9,18H,1-3H3. The summed E-state index contributed by atoms with van der Waals surface area (Å²) in [6.07, 6.45) is 0.876. The summed E-state index contributed by atoms with van der Waals surface area (Å²) in [6, 6.07) is 9.42. The number of aromatic hydroxyl groups is 1. The van der Waals surface area contributed by atoms with Gasteiger partial charge in [-0.1, -0.05) is 18.2 Å². The van der Waals surface area contributed by atoms with Crippen LogP contribution in [0.4, 0.5) is 0 Å². The van der Waals surface area contributed by atoms with Gasteiger partial charge in [-0.2, -0.15) is 0 Å². The quantitative estimate of drug-likeness (QED) is 0.811. The Kier molecular flexibility index (Phi) is 3.19. The molecule has 0 aliphatic carbocycles. The maximum atomic E-state index is 11.0. The zero-order valence-corrected chi connectivity index (χ0v) is 10.8. The van der Waals surface area contributed by atoms with E-state index in [4.69, 9.17) is 0 Å². The van der Waals surface area contributed by atoms with Crippen LogP contribution in [0.1, 0.15) is 27.0 Å². The Morgan fingerprint density at radius 2 is 1.72 bits per heavy atom. The molecule has 0 aromatic heterocycles. The van der Waals surface area contributed by atoms with Crippen molar-refractivity contribution in [1.29, 1.82) is 0 Å². The van der Waals surface area contributed by atoms with Crippen molar-refractivity contribution in [3.63, 3.8) is 0 Å². The number of hydrogen-bond acceptors (Lipinski definition) is 2. The van der Waals surface area contributed by atoms with E-state index in [1.807, 2.05) is 45.0 Å². The van der Waals surface area contributed by atoms with Gasteiger partial charge in [-0.15, -0.1) is 0 Å². The number of aldehydes is 1. The van der Waals surface area contributed by atoms with Gasteiger partial charge >= 0.3 is 0 Å². The summed E-state index contributed by atoms with van der Waals surface area (Å²) >= 11 is 0. The molecule has 2 aromatic carbocycles. The summed E-state index contributed by atoms with van der Waals surface area (Å²) in [5.41, 5.74) is 5.63. The molecular weight excluding hydrogens is 224 g/mol. The molecular formula is C16H16O2. The lowest BCUT2D eigenvalue weighted by Gasteiger charge is -2.12. The number of phenolic OH excluding ortho intramolecular Hbond substituents is 1. The van der Waals surface area contributed by atoms with E-state index in [0.29, 0.717) is 11.3 Å². The van der Waals surface area contributed by atoms with E-state index in [1.54, 1.807) is 6.07 Å². The zero-order chi connectivity index (χ0) is 13.3. The highest BCUT2D eigenvalue weighted by Gasteiger charge is 2.10. The summed E-state index contributed by atoms with van der Waals surface area (Å²) in [5.74, 6) is 0.306. The van der Waals surface area contributed by atoms with Gasteiger partial charge in [-0.05, 0) is 60.7 Å². The average molecular weight is 240 g/mol. The first-order chi connectivity index (χ1) is 8.54. The second-order valence-electron chi connectivity index (χ2n) is 4.59. The molecule has 92 valence electrons. The third-order valence-corrected chi connectivity index (χ3v) is 3.34. The Morgan fingerprint density at radius 1 is 1.00 bits per heavy atom. The molecule has 0 saturated heterocycles. The monoisotopic (exact) mass is 240 g/mol. The van der Waals surface area contributed by atoms with Crippen LogP contribution in [0, 0.1) is 20.8 Å². The molecule has 0 unspecified atom stereocenters. The van der Waals surface area contributed by atoms with Gasteiger partial charge < -0.3 is 5.11 Å². The van der Waals surface area contributed by atoms with Crippen molar-refractivity contribution in [2.75, 3.05) is 0 Å². The summed E-state index contributed by atoms with van der Waals surface area (Å²) in [4.78, 5) is 11.0. The number of aryl methyl sites for hydroxylation is 2. The fourth-order valence-corrected chi connectivity index (χ4v) is 2.16. The van der Waals surface area contributed by atoms with Crippen molar-refractivity contribution >= 4 is 6.29 Å². The van der Waals surface area contributed by atoms with Gasteiger partial charge in [-0.3, -0.25) is 4.79 Å². The van der Waals surface area contributed by atoms with E-state index in [2.05, 4.69) is 0 Å². The van der Waals surface area contributed by atoms with Crippen molar-refractivity contribution in [2.24, 2.45) is 0 Å². The van der Waals surface area contributed by atoms with Gasteiger partial charge in [0.25, 0.3) is 0 Å². The Labute approximate surface area is 107 Å². The van der Waals surface area contributed by atoms with Crippen LogP contribution >= 0.6 is 0 Å². The second kappa shape index (κ2) is 4.65. The van der Waals surface area contributed by atoms with Crippen LogP contribution < -0.4 is 0 Å². The van der Waals surface area contributed by atoms with E-state index in [1.165, 1.54) is 0 Å². The normalized spacial score (nSPS) is 10.4. The molecule has 0 aliphatic heterocycles. The molecule has 0 aliphatic rings. The first-order valence-electron chi connectivity index (χ1n) is 5.90. The maximum Gasteiger partial charge on any atom is 0.150 e. The first-order valence-corrected chi connectivity index (χ1v) is 5.90. The fraction of sp³-hybridized carbons (Fsp3) is 0.188. The molecule has 2 heteroatoms. The summed E-state index contributed by atoms with van der Waals surface area (Å²) in [7, 11) is 0. The van der Waals surface area contributed by atoms with Gasteiger partial charge in [0.2, 0.25) is 0 Å². The second-order valence-corrected chi connectivity index (χ2v) is 4.59. The van der Waals surface area contributed by atoms with E-state index < -0.39 is 0 Å². The molecule has 0 heterocycles. The number of benzene rings is 2. The van der Waals surface area contributed by atoms with Crippen molar-refractivity contribution in [3.8, 4) is 16.9 Å². The van der Waals surface area contributed by atoms with Gasteiger partial charge in [0, 0.05) is 5.56 Å². The predicted octanol–water partition coefficient (Wildman–Crippen LogP) is 3.80. The average Bonchev–Trinajstić information content (AvgIpc) is 2.34. The highest BCUT2D eigenvalue weighted by molar-refractivity contribution is 5.83. The van der Waals surface area contributed by atoms with E-state index in [-0.39, 0.29) is 0 Å². The Morgan fingerprint density at radius 3 is 2.39 bits per heavy atom. The van der Waals surface area contributed by atoms with Crippen molar-refractivity contribution in [2.45, 2.75) is 20.8 Å². The zero-order valence-electron chi connectivity index (χ0n) is 10.8. The lowest BCUT2D eigenvalue weighted by Crippen LogP contribution is -1.93. The predicted molar refractivity (Wildman–Crippen MR) is 73.1 cm³/mol. The van der Waals surface area contributed by atoms with Crippen LogP contribution in [0.25, 0.3) is 11.1 Å². The van der Waals surface area contributed by atoms with Crippen LogP contribution in [0.3, 0.4) is 0 Å². The molecule has 0 bridgehead atoms. The smallest absolute Gasteiger partial charge is 0.150 e. The topological polar surface area (TPSA) is 37.3 Å². The first kappa shape index (κ1) is 12.4. The molecule has 2 nitrogen and oxygen atoms in total. The number of carbonyl (C=O) groups is 1. The lowest BCUT2D eigenvalue weighted by molar-refractivity contribution is 0.112. The molecule has 1 N–H and O–H groups in total. The Hall–Kier alpha value is -2.09. The summed E-state index contributed by atoms with van der Waals surface area (Å²) in [5, 5.41) is 9.69. The van der Waals surface area contributed by atoms with Crippen LogP contribution in [0.5, 0.6) is 5.75 Å². The Balaban J connectivity index is 2.69. The van der Waals surface area contributed by atoms with Gasteiger partial charge in [-0.25, -0.2) is 0 Å². The molecule has 18 heavy (non-hydrogen) atoms. The third kappa shape index (κ3) is 2.02. The van der Waals surface area contributed by atoms with Gasteiger partial charge in [0.15, 0.2) is 0 Å². The minimum Gasteiger partial charge on any atom is -0.508 e. The maximum absolute atomic E-state index is 11.0. The fourth-order valence-electron chi connectivity index (χ4n) is 2.16. The number of rotatable bonds is 2.